The van der Waals surface area contributed by atoms with Crippen molar-refractivity contribution >= 4 is 23.2 Å². The average molecular weight is 368 g/mol. The van der Waals surface area contributed by atoms with Crippen LogP contribution in [0.4, 0.5) is 5.69 Å². The maximum absolute atomic E-state index is 13.0. The van der Waals surface area contributed by atoms with Crippen LogP contribution in [-0.2, 0) is 6.42 Å². The second-order valence-corrected chi connectivity index (χ2v) is 6.76. The highest BCUT2D eigenvalue weighted by Crippen LogP contribution is 2.30. The van der Waals surface area contributed by atoms with E-state index < -0.39 is 0 Å². The van der Waals surface area contributed by atoms with Crippen LogP contribution < -0.4 is 9.64 Å². The number of aryl methyl sites for hydroxylation is 1. The van der Waals surface area contributed by atoms with Gasteiger partial charge in [-0.2, -0.15) is 0 Å². The van der Waals surface area contributed by atoms with Crippen molar-refractivity contribution < 1.29 is 9.53 Å². The Balaban J connectivity index is 1.64. The number of carbonyl (C=O) groups excluding carboxylic acids is 1. The van der Waals surface area contributed by atoms with Crippen LogP contribution in [0.1, 0.15) is 21.7 Å². The number of hydrogen-bond acceptors (Lipinski definition) is 3. The molecule has 5 nitrogen and oxygen atoms in total. The number of nitrogens with one attached hydrogen (secondary N) is 1. The van der Waals surface area contributed by atoms with E-state index in [2.05, 4.69) is 9.97 Å². The molecule has 1 aromatic heterocycles. The third-order valence-corrected chi connectivity index (χ3v) is 4.79. The van der Waals surface area contributed by atoms with Gasteiger partial charge in [0.1, 0.15) is 17.3 Å². The molecule has 0 atom stereocenters. The number of rotatable bonds is 3. The van der Waals surface area contributed by atoms with E-state index in [-0.39, 0.29) is 5.91 Å². The van der Waals surface area contributed by atoms with Gasteiger partial charge in [0.15, 0.2) is 0 Å². The molecule has 1 amide bonds. The van der Waals surface area contributed by atoms with Crippen LogP contribution in [0.25, 0.3) is 11.4 Å². The Bertz CT molecular complexity index is 996. The van der Waals surface area contributed by atoms with Crippen molar-refractivity contribution in [3.63, 3.8) is 0 Å². The van der Waals surface area contributed by atoms with Crippen LogP contribution in [0.5, 0.6) is 5.75 Å². The number of benzene rings is 2. The predicted molar refractivity (Wildman–Crippen MR) is 102 cm³/mol. The third-order valence-electron chi connectivity index (χ3n) is 4.55. The van der Waals surface area contributed by atoms with Gasteiger partial charge in [-0.15, -0.1) is 0 Å². The molecule has 0 radical (unpaired) electrons. The van der Waals surface area contributed by atoms with Gasteiger partial charge < -0.3 is 14.6 Å². The molecule has 1 N–H and O–H groups in total. The molecular formula is C20H18ClN3O2. The Labute approximate surface area is 156 Å². The largest absolute Gasteiger partial charge is 0.493 e. The van der Waals surface area contributed by atoms with Gasteiger partial charge in [-0.3, -0.25) is 4.79 Å². The molecule has 3 aromatic rings. The lowest BCUT2D eigenvalue weighted by molar-refractivity contribution is 0.0988. The van der Waals surface area contributed by atoms with Crippen molar-refractivity contribution in [3.8, 4) is 17.1 Å². The van der Waals surface area contributed by atoms with E-state index in [1.807, 2.05) is 43.3 Å². The fraction of sp³-hybridized carbons (Fsp3) is 0.200. The summed E-state index contributed by atoms with van der Waals surface area (Å²) in [5.41, 5.74) is 3.92. The van der Waals surface area contributed by atoms with Crippen molar-refractivity contribution in [2.45, 2.75) is 13.3 Å². The van der Waals surface area contributed by atoms with E-state index in [1.165, 1.54) is 0 Å². The van der Waals surface area contributed by atoms with E-state index in [9.17, 15) is 4.79 Å². The van der Waals surface area contributed by atoms with Crippen LogP contribution >= 0.6 is 11.6 Å². The summed E-state index contributed by atoms with van der Waals surface area (Å²) in [6.07, 6.45) is 0.867. The fourth-order valence-corrected chi connectivity index (χ4v) is 3.29. The first-order chi connectivity index (χ1) is 12.5. The highest BCUT2D eigenvalue weighted by Gasteiger charge is 2.22. The highest BCUT2D eigenvalue weighted by atomic mass is 35.5. The Hall–Kier alpha value is -2.79. The maximum Gasteiger partial charge on any atom is 0.278 e. The van der Waals surface area contributed by atoms with Crippen LogP contribution in [-0.4, -0.2) is 29.5 Å². The van der Waals surface area contributed by atoms with Crippen molar-refractivity contribution in [1.82, 2.24) is 9.97 Å². The normalized spacial score (nSPS) is 12.6. The summed E-state index contributed by atoms with van der Waals surface area (Å²) >= 11 is 6.05. The number of halogens is 1. The highest BCUT2D eigenvalue weighted by molar-refractivity contribution is 6.30. The van der Waals surface area contributed by atoms with Crippen LogP contribution in [0, 0.1) is 6.92 Å². The minimum absolute atomic E-state index is 0.161. The predicted octanol–water partition coefficient (Wildman–Crippen LogP) is 4.25. The van der Waals surface area contributed by atoms with Crippen molar-refractivity contribution in [2.75, 3.05) is 18.6 Å². The smallest absolute Gasteiger partial charge is 0.278 e. The minimum atomic E-state index is -0.161. The molecule has 132 valence electrons. The number of H-pyrrole nitrogens is 1. The minimum Gasteiger partial charge on any atom is -0.493 e. The lowest BCUT2D eigenvalue weighted by atomic mass is 10.1. The first-order valence-electron chi connectivity index (χ1n) is 8.39. The van der Waals surface area contributed by atoms with E-state index >= 15 is 0 Å². The summed E-state index contributed by atoms with van der Waals surface area (Å²) in [5.74, 6) is 1.36. The molecule has 2 heterocycles. The number of fused-ring (bicyclic) bond motifs is 1. The molecular weight excluding hydrogens is 350 g/mol. The zero-order valence-electron chi connectivity index (χ0n) is 14.5. The second kappa shape index (κ2) is 6.50. The number of amides is 1. The number of hydrogen-bond donors (Lipinski definition) is 1. The van der Waals surface area contributed by atoms with Gasteiger partial charge in [0.2, 0.25) is 0 Å². The summed E-state index contributed by atoms with van der Waals surface area (Å²) in [5, 5.41) is 0.627. The summed E-state index contributed by atoms with van der Waals surface area (Å²) < 4.78 is 5.53. The SMILES string of the molecule is Cc1[nH]c(-c2cccc(Cl)c2)nc1C(=O)N(C)c1ccc2c(c1)CCO2. The molecule has 0 fully saturated rings. The molecule has 0 bridgehead atoms. The standard InChI is InChI=1S/C20H18ClN3O2/c1-12-18(23-19(22-12)14-4-3-5-15(21)10-14)20(25)24(2)16-6-7-17-13(11-16)8-9-26-17/h3-7,10-11H,8-9H2,1-2H3,(H,22,23). The molecule has 0 aliphatic carbocycles. The first kappa shape index (κ1) is 16.7. The van der Waals surface area contributed by atoms with Crippen LogP contribution in [0.2, 0.25) is 5.02 Å². The zero-order valence-corrected chi connectivity index (χ0v) is 15.3. The molecule has 4 rings (SSSR count). The average Bonchev–Trinajstić information content (AvgIpc) is 3.26. The van der Waals surface area contributed by atoms with Gasteiger partial charge in [-0.25, -0.2) is 4.98 Å². The van der Waals surface area contributed by atoms with Gasteiger partial charge in [-0.1, -0.05) is 23.7 Å². The van der Waals surface area contributed by atoms with Gasteiger partial charge in [-0.05, 0) is 42.8 Å². The Kier molecular flexibility index (Phi) is 4.17. The number of aromatic amines is 1. The number of anilines is 1. The lowest BCUT2D eigenvalue weighted by Crippen LogP contribution is -2.27. The van der Waals surface area contributed by atoms with Gasteiger partial charge in [0, 0.05) is 35.4 Å². The zero-order chi connectivity index (χ0) is 18.3. The maximum atomic E-state index is 13.0. The second-order valence-electron chi connectivity index (χ2n) is 6.32. The molecule has 0 spiro atoms. The van der Waals surface area contributed by atoms with Crippen molar-refractivity contribution in [2.24, 2.45) is 0 Å². The molecule has 0 saturated heterocycles. The number of nitrogens with zero attached hydrogens (tertiary/aromatic N) is 2. The molecule has 0 saturated carbocycles. The van der Waals surface area contributed by atoms with Gasteiger partial charge in [0.05, 0.1) is 6.61 Å². The molecule has 26 heavy (non-hydrogen) atoms. The van der Waals surface area contributed by atoms with Crippen molar-refractivity contribution in [3.05, 3.63) is 64.4 Å². The molecule has 1 aliphatic rings. The number of imidazole rings is 1. The molecule has 1 aliphatic heterocycles. The molecule has 2 aromatic carbocycles. The van der Waals surface area contributed by atoms with Gasteiger partial charge in [0.25, 0.3) is 5.91 Å². The number of carbonyl (C=O) groups is 1. The van der Waals surface area contributed by atoms with E-state index in [1.54, 1.807) is 18.0 Å². The molecule has 6 heteroatoms. The van der Waals surface area contributed by atoms with E-state index in [0.717, 1.165) is 34.7 Å². The van der Waals surface area contributed by atoms with Crippen molar-refractivity contribution in [1.29, 1.82) is 0 Å². The summed E-state index contributed by atoms with van der Waals surface area (Å²) in [7, 11) is 1.76. The quantitative estimate of drug-likeness (QED) is 0.752. The Morgan fingerprint density at radius 3 is 2.92 bits per heavy atom. The van der Waals surface area contributed by atoms with Crippen LogP contribution in [0.3, 0.4) is 0 Å². The van der Waals surface area contributed by atoms with Gasteiger partial charge >= 0.3 is 0 Å². The first-order valence-corrected chi connectivity index (χ1v) is 8.77. The van der Waals surface area contributed by atoms with E-state index in [0.29, 0.717) is 23.1 Å². The third kappa shape index (κ3) is 2.95. The topological polar surface area (TPSA) is 58.2 Å². The Morgan fingerprint density at radius 1 is 1.27 bits per heavy atom. The summed E-state index contributed by atoms with van der Waals surface area (Å²) in [4.78, 5) is 22.3. The number of ether oxygens (including phenoxy) is 1. The Morgan fingerprint density at radius 2 is 2.12 bits per heavy atom. The fourth-order valence-electron chi connectivity index (χ4n) is 3.10. The summed E-state index contributed by atoms with van der Waals surface area (Å²) in [6.45, 7) is 2.54. The lowest BCUT2D eigenvalue weighted by Gasteiger charge is -2.17. The van der Waals surface area contributed by atoms with E-state index in [4.69, 9.17) is 16.3 Å². The molecule has 0 unspecified atom stereocenters. The summed E-state index contributed by atoms with van der Waals surface area (Å²) in [6, 6.07) is 13.2. The van der Waals surface area contributed by atoms with Crippen LogP contribution in [0.15, 0.2) is 42.5 Å². The number of aromatic nitrogens is 2. The monoisotopic (exact) mass is 367 g/mol.